The van der Waals surface area contributed by atoms with Crippen LogP contribution in [0, 0.1) is 3.57 Å². The Morgan fingerprint density at radius 2 is 2.00 bits per heavy atom. The number of pyridine rings is 1. The summed E-state index contributed by atoms with van der Waals surface area (Å²) < 4.78 is 46.4. The fourth-order valence-corrected chi connectivity index (χ4v) is 1.77. The summed E-state index contributed by atoms with van der Waals surface area (Å²) in [6, 6.07) is 2.32. The van der Waals surface area contributed by atoms with Crippen LogP contribution in [0.1, 0.15) is 12.1 Å². The number of alkyl halides is 2. The highest BCUT2D eigenvalue weighted by atomic mass is 127. The van der Waals surface area contributed by atoms with Crippen molar-refractivity contribution in [3.05, 3.63) is 21.4 Å². The van der Waals surface area contributed by atoms with E-state index in [9.17, 15) is 17.2 Å². The van der Waals surface area contributed by atoms with Gasteiger partial charge in [0, 0.05) is 3.57 Å². The van der Waals surface area contributed by atoms with Crippen LogP contribution in [0.25, 0.3) is 0 Å². The molecule has 1 heterocycles. The van der Waals surface area contributed by atoms with Crippen LogP contribution in [0.2, 0.25) is 0 Å². The van der Waals surface area contributed by atoms with Crippen LogP contribution in [0.4, 0.5) is 8.78 Å². The average Bonchev–Trinajstić information content (AvgIpc) is 2.02. The van der Waals surface area contributed by atoms with E-state index in [4.69, 9.17) is 5.14 Å². The molecular formula is C6H5F2IN2O2S. The lowest BCUT2D eigenvalue weighted by molar-refractivity contribution is 0.144. The van der Waals surface area contributed by atoms with Gasteiger partial charge in [0.15, 0.2) is 5.03 Å². The summed E-state index contributed by atoms with van der Waals surface area (Å²) >= 11 is 1.64. The number of hydrogen-bond acceptors (Lipinski definition) is 3. The van der Waals surface area contributed by atoms with Gasteiger partial charge in [0.05, 0.1) is 0 Å². The lowest BCUT2D eigenvalue weighted by Gasteiger charge is -2.03. The standard InChI is InChI=1S/C6H5F2IN2O2S/c7-6(8)5-3(9)1-2-4(11-5)14(10,12)13/h1-2,6H,(H2,10,12,13). The molecule has 78 valence electrons. The van der Waals surface area contributed by atoms with E-state index in [0.29, 0.717) is 0 Å². The minimum absolute atomic E-state index is 0.199. The van der Waals surface area contributed by atoms with Crippen molar-refractivity contribution >= 4 is 32.6 Å². The predicted octanol–water partition coefficient (Wildman–Crippen LogP) is 1.27. The van der Waals surface area contributed by atoms with Gasteiger partial charge in [-0.1, -0.05) is 0 Å². The minimum atomic E-state index is -4.02. The summed E-state index contributed by atoms with van der Waals surface area (Å²) in [6.07, 6.45) is -2.82. The van der Waals surface area contributed by atoms with Gasteiger partial charge in [0.1, 0.15) is 5.69 Å². The van der Waals surface area contributed by atoms with Crippen LogP contribution >= 0.6 is 22.6 Å². The second kappa shape index (κ2) is 4.03. The molecule has 0 saturated heterocycles. The molecule has 0 atom stereocenters. The fraction of sp³-hybridized carbons (Fsp3) is 0.167. The van der Waals surface area contributed by atoms with Crippen LogP contribution < -0.4 is 5.14 Å². The summed E-state index contributed by atoms with van der Waals surface area (Å²) in [4.78, 5) is 3.27. The molecule has 0 bridgehead atoms. The number of hydrogen-bond donors (Lipinski definition) is 1. The first-order valence-electron chi connectivity index (χ1n) is 3.30. The van der Waals surface area contributed by atoms with Crippen LogP contribution in [0.15, 0.2) is 17.2 Å². The first-order valence-corrected chi connectivity index (χ1v) is 5.92. The van der Waals surface area contributed by atoms with Gasteiger partial charge in [-0.15, -0.1) is 0 Å². The number of nitrogens with two attached hydrogens (primary N) is 1. The van der Waals surface area contributed by atoms with Gasteiger partial charge >= 0.3 is 0 Å². The number of sulfonamides is 1. The molecule has 1 rings (SSSR count). The zero-order chi connectivity index (χ0) is 10.9. The highest BCUT2D eigenvalue weighted by Gasteiger charge is 2.18. The zero-order valence-corrected chi connectivity index (χ0v) is 9.59. The van der Waals surface area contributed by atoms with Gasteiger partial charge < -0.3 is 0 Å². The Kier molecular flexibility index (Phi) is 3.37. The molecule has 0 aromatic carbocycles. The maximum absolute atomic E-state index is 12.3. The smallest absolute Gasteiger partial charge is 0.233 e. The van der Waals surface area contributed by atoms with Gasteiger partial charge in [0.2, 0.25) is 0 Å². The Bertz CT molecular complexity index is 449. The fourth-order valence-electron chi connectivity index (χ4n) is 0.751. The molecule has 0 saturated carbocycles. The molecular weight excluding hydrogens is 329 g/mol. The summed E-state index contributed by atoms with van der Waals surface area (Å²) in [7, 11) is -4.02. The van der Waals surface area contributed by atoms with Crippen LogP contribution in [0.3, 0.4) is 0 Å². The number of rotatable bonds is 2. The van der Waals surface area contributed by atoms with Crippen LogP contribution in [-0.4, -0.2) is 13.4 Å². The minimum Gasteiger partial charge on any atom is -0.233 e. The van der Waals surface area contributed by atoms with Crippen molar-refractivity contribution < 1.29 is 17.2 Å². The first kappa shape index (κ1) is 11.7. The van der Waals surface area contributed by atoms with E-state index in [1.807, 2.05) is 0 Å². The van der Waals surface area contributed by atoms with Crippen molar-refractivity contribution in [2.75, 3.05) is 0 Å². The lowest BCUT2D eigenvalue weighted by atomic mass is 10.4. The average molecular weight is 334 g/mol. The van der Waals surface area contributed by atoms with Gasteiger partial charge in [-0.2, -0.15) is 0 Å². The number of aromatic nitrogens is 1. The second-order valence-electron chi connectivity index (χ2n) is 2.36. The molecule has 0 aliphatic carbocycles. The zero-order valence-electron chi connectivity index (χ0n) is 6.62. The summed E-state index contributed by atoms with van der Waals surface area (Å²) in [5.41, 5.74) is -0.572. The van der Waals surface area contributed by atoms with Gasteiger partial charge in [0.25, 0.3) is 16.4 Å². The molecule has 0 aliphatic rings. The molecule has 0 unspecified atom stereocenters. The molecule has 8 heteroatoms. The quantitative estimate of drug-likeness (QED) is 0.828. The molecule has 0 spiro atoms. The van der Waals surface area contributed by atoms with E-state index in [-0.39, 0.29) is 3.57 Å². The Morgan fingerprint density at radius 1 is 1.43 bits per heavy atom. The summed E-state index contributed by atoms with van der Waals surface area (Å²) in [5.74, 6) is 0. The maximum atomic E-state index is 12.3. The van der Waals surface area contributed by atoms with Crippen molar-refractivity contribution in [1.29, 1.82) is 0 Å². The number of nitrogens with zero attached hydrogens (tertiary/aromatic N) is 1. The third-order valence-corrected chi connectivity index (χ3v) is 3.07. The maximum Gasteiger partial charge on any atom is 0.281 e. The largest absolute Gasteiger partial charge is 0.281 e. The Balaban J connectivity index is 3.34. The van der Waals surface area contributed by atoms with E-state index >= 15 is 0 Å². The molecule has 0 radical (unpaired) electrons. The highest BCUT2D eigenvalue weighted by molar-refractivity contribution is 14.1. The molecule has 0 fully saturated rings. The van der Waals surface area contributed by atoms with Crippen LogP contribution in [0.5, 0.6) is 0 Å². The molecule has 1 aromatic rings. The van der Waals surface area contributed by atoms with E-state index in [1.165, 1.54) is 6.07 Å². The molecule has 2 N–H and O–H groups in total. The number of halogens is 3. The number of primary sulfonamides is 1. The molecule has 1 aromatic heterocycles. The van der Waals surface area contributed by atoms with Gasteiger partial charge in [-0.05, 0) is 34.7 Å². The molecule has 14 heavy (non-hydrogen) atoms. The van der Waals surface area contributed by atoms with E-state index in [0.717, 1.165) is 6.07 Å². The van der Waals surface area contributed by atoms with E-state index in [1.54, 1.807) is 22.6 Å². The Morgan fingerprint density at radius 3 is 2.43 bits per heavy atom. The lowest BCUT2D eigenvalue weighted by Crippen LogP contribution is -2.15. The van der Waals surface area contributed by atoms with E-state index in [2.05, 4.69) is 4.98 Å². The SMILES string of the molecule is NS(=O)(=O)c1ccc(I)c(C(F)F)n1. The third kappa shape index (κ3) is 2.58. The van der Waals surface area contributed by atoms with Crippen molar-refractivity contribution in [3.63, 3.8) is 0 Å². The van der Waals surface area contributed by atoms with Crippen molar-refractivity contribution in [2.45, 2.75) is 11.5 Å². The van der Waals surface area contributed by atoms with Crippen LogP contribution in [-0.2, 0) is 10.0 Å². The summed E-state index contributed by atoms with van der Waals surface area (Å²) in [5, 5.41) is 4.19. The molecule has 0 amide bonds. The van der Waals surface area contributed by atoms with E-state index < -0.39 is 27.2 Å². The highest BCUT2D eigenvalue weighted by Crippen LogP contribution is 2.23. The topological polar surface area (TPSA) is 73.1 Å². The van der Waals surface area contributed by atoms with Crippen molar-refractivity contribution in [2.24, 2.45) is 5.14 Å². The molecule has 4 nitrogen and oxygen atoms in total. The monoisotopic (exact) mass is 334 g/mol. The van der Waals surface area contributed by atoms with Crippen molar-refractivity contribution in [1.82, 2.24) is 4.98 Å². The second-order valence-corrected chi connectivity index (χ2v) is 5.03. The Labute approximate surface area is 92.7 Å². The van der Waals surface area contributed by atoms with Crippen molar-refractivity contribution in [3.8, 4) is 0 Å². The predicted molar refractivity (Wildman–Crippen MR) is 53.3 cm³/mol. The third-order valence-electron chi connectivity index (χ3n) is 1.35. The van der Waals surface area contributed by atoms with Gasteiger partial charge in [-0.3, -0.25) is 0 Å². The first-order chi connectivity index (χ1) is 6.32. The van der Waals surface area contributed by atoms with Gasteiger partial charge in [-0.25, -0.2) is 27.3 Å². The Hall–Kier alpha value is -0.350. The molecule has 0 aliphatic heterocycles. The summed E-state index contributed by atoms with van der Waals surface area (Å²) in [6.45, 7) is 0. The normalized spacial score (nSPS) is 12.1.